The van der Waals surface area contributed by atoms with Crippen LogP contribution >= 0.6 is 0 Å². The molecule has 1 heterocycles. The number of esters is 1. The molecule has 6 nitrogen and oxygen atoms in total. The third-order valence-electron chi connectivity index (χ3n) is 2.27. The van der Waals surface area contributed by atoms with Crippen molar-refractivity contribution in [3.05, 3.63) is 0 Å². The summed E-state index contributed by atoms with van der Waals surface area (Å²) in [7, 11) is 1.25. The summed E-state index contributed by atoms with van der Waals surface area (Å²) in [4.78, 5) is 35.4. The Morgan fingerprint density at radius 1 is 1.35 bits per heavy atom. The van der Waals surface area contributed by atoms with Gasteiger partial charge in [-0.3, -0.25) is 9.59 Å². The van der Waals surface area contributed by atoms with Gasteiger partial charge in [0.25, 0.3) is 0 Å². The van der Waals surface area contributed by atoms with Crippen LogP contribution in [0.3, 0.4) is 0 Å². The van der Waals surface area contributed by atoms with E-state index in [1.165, 1.54) is 7.11 Å². The van der Waals surface area contributed by atoms with Crippen LogP contribution in [0.15, 0.2) is 0 Å². The quantitative estimate of drug-likeness (QED) is 0.641. The van der Waals surface area contributed by atoms with Crippen molar-refractivity contribution in [1.29, 1.82) is 0 Å². The van der Waals surface area contributed by atoms with Crippen LogP contribution in [0.1, 0.15) is 27.2 Å². The second-order valence-corrected chi connectivity index (χ2v) is 4.91. The molecule has 96 valence electrons. The SMILES string of the molecule is COC(=O)[C@@H]1CC(=O)N(C(=O)OC(C)(C)C)C1. The van der Waals surface area contributed by atoms with E-state index in [1.807, 2.05) is 0 Å². The predicted octanol–water partition coefficient (Wildman–Crippen LogP) is 0.943. The number of carbonyl (C=O) groups excluding carboxylic acids is 3. The molecule has 0 aromatic heterocycles. The van der Waals surface area contributed by atoms with Crippen molar-refractivity contribution in [2.75, 3.05) is 13.7 Å². The number of methoxy groups -OCH3 is 1. The standard InChI is InChI=1S/C11H17NO5/c1-11(2,3)17-10(15)12-6-7(5-8(12)13)9(14)16-4/h7H,5-6H2,1-4H3/t7-/m1/s1. The fraction of sp³-hybridized carbons (Fsp3) is 0.727. The number of imide groups is 1. The predicted molar refractivity (Wildman–Crippen MR) is 58.1 cm³/mol. The molecule has 17 heavy (non-hydrogen) atoms. The van der Waals surface area contributed by atoms with Crippen molar-refractivity contribution in [2.24, 2.45) is 5.92 Å². The highest BCUT2D eigenvalue weighted by Gasteiger charge is 2.40. The molecule has 0 saturated carbocycles. The molecule has 2 amide bonds. The zero-order valence-electron chi connectivity index (χ0n) is 10.5. The van der Waals surface area contributed by atoms with Crippen molar-refractivity contribution in [2.45, 2.75) is 32.8 Å². The van der Waals surface area contributed by atoms with E-state index in [0.29, 0.717) is 0 Å². The van der Waals surface area contributed by atoms with Crippen LogP contribution < -0.4 is 0 Å². The molecule has 0 aromatic rings. The molecule has 1 aliphatic heterocycles. The van der Waals surface area contributed by atoms with Gasteiger partial charge in [0.2, 0.25) is 5.91 Å². The monoisotopic (exact) mass is 243 g/mol. The van der Waals surface area contributed by atoms with Crippen LogP contribution in [0.4, 0.5) is 4.79 Å². The minimum Gasteiger partial charge on any atom is -0.469 e. The van der Waals surface area contributed by atoms with Gasteiger partial charge in [-0.25, -0.2) is 9.69 Å². The average molecular weight is 243 g/mol. The number of hydrogen-bond donors (Lipinski definition) is 0. The van der Waals surface area contributed by atoms with Crippen LogP contribution in [0.2, 0.25) is 0 Å². The molecule has 1 fully saturated rings. The fourth-order valence-corrected chi connectivity index (χ4v) is 1.53. The van der Waals surface area contributed by atoms with E-state index in [4.69, 9.17) is 4.74 Å². The van der Waals surface area contributed by atoms with E-state index in [9.17, 15) is 14.4 Å². The topological polar surface area (TPSA) is 72.9 Å². The van der Waals surface area contributed by atoms with Crippen molar-refractivity contribution in [3.63, 3.8) is 0 Å². The van der Waals surface area contributed by atoms with Crippen LogP contribution in [-0.4, -0.2) is 42.1 Å². The Kier molecular flexibility index (Phi) is 3.75. The lowest BCUT2D eigenvalue weighted by Gasteiger charge is -2.23. The van der Waals surface area contributed by atoms with Gasteiger partial charge in [-0.15, -0.1) is 0 Å². The van der Waals surface area contributed by atoms with Crippen molar-refractivity contribution in [1.82, 2.24) is 4.90 Å². The van der Waals surface area contributed by atoms with Crippen LogP contribution in [0.5, 0.6) is 0 Å². The first-order chi connectivity index (χ1) is 7.74. The molecule has 6 heteroatoms. The third-order valence-corrected chi connectivity index (χ3v) is 2.27. The van der Waals surface area contributed by atoms with Gasteiger partial charge in [0.05, 0.1) is 13.0 Å². The molecule has 0 spiro atoms. The summed E-state index contributed by atoms with van der Waals surface area (Å²) in [6, 6.07) is 0. The Balaban J connectivity index is 2.65. The minimum atomic E-state index is -0.714. The number of amides is 2. The highest BCUT2D eigenvalue weighted by molar-refractivity contribution is 5.97. The zero-order valence-corrected chi connectivity index (χ0v) is 10.5. The molecule has 1 rings (SSSR count). The second kappa shape index (κ2) is 4.73. The highest BCUT2D eigenvalue weighted by atomic mass is 16.6. The first-order valence-corrected chi connectivity index (χ1v) is 5.36. The summed E-state index contributed by atoms with van der Waals surface area (Å²) in [5.41, 5.74) is -0.666. The number of ether oxygens (including phenoxy) is 2. The van der Waals surface area contributed by atoms with E-state index < -0.39 is 29.5 Å². The summed E-state index contributed by atoms with van der Waals surface area (Å²) in [6.07, 6.45) is -0.722. The summed E-state index contributed by atoms with van der Waals surface area (Å²) in [5.74, 6) is -1.47. The Bertz CT molecular complexity index is 344. The minimum absolute atomic E-state index is 0.00802. The summed E-state index contributed by atoms with van der Waals surface area (Å²) < 4.78 is 9.61. The van der Waals surface area contributed by atoms with E-state index in [0.717, 1.165) is 4.90 Å². The lowest BCUT2D eigenvalue weighted by molar-refractivity contribution is -0.145. The normalized spacial score (nSPS) is 20.4. The van der Waals surface area contributed by atoms with Gasteiger partial charge in [-0.2, -0.15) is 0 Å². The Labute approximate surface area is 99.9 Å². The second-order valence-electron chi connectivity index (χ2n) is 4.91. The van der Waals surface area contributed by atoms with Crippen molar-refractivity contribution >= 4 is 18.0 Å². The zero-order chi connectivity index (χ0) is 13.2. The summed E-state index contributed by atoms with van der Waals surface area (Å²) in [5, 5.41) is 0. The van der Waals surface area contributed by atoms with Gasteiger partial charge >= 0.3 is 12.1 Å². The highest BCUT2D eigenvalue weighted by Crippen LogP contribution is 2.21. The maximum atomic E-state index is 11.7. The van der Waals surface area contributed by atoms with Crippen molar-refractivity contribution in [3.8, 4) is 0 Å². The fourth-order valence-electron chi connectivity index (χ4n) is 1.53. The summed E-state index contributed by atoms with van der Waals surface area (Å²) >= 11 is 0. The number of nitrogens with zero attached hydrogens (tertiary/aromatic N) is 1. The molecule has 0 bridgehead atoms. The van der Waals surface area contributed by atoms with Crippen LogP contribution in [0.25, 0.3) is 0 Å². The van der Waals surface area contributed by atoms with Crippen molar-refractivity contribution < 1.29 is 23.9 Å². The largest absolute Gasteiger partial charge is 0.469 e. The average Bonchev–Trinajstić information content (AvgIpc) is 2.56. The number of rotatable bonds is 1. The smallest absolute Gasteiger partial charge is 0.417 e. The molecule has 1 aliphatic rings. The van der Waals surface area contributed by atoms with Gasteiger partial charge in [0.1, 0.15) is 5.60 Å². The Hall–Kier alpha value is -1.59. The summed E-state index contributed by atoms with van der Waals surface area (Å²) in [6.45, 7) is 5.16. The molecular formula is C11H17NO5. The Morgan fingerprint density at radius 3 is 2.41 bits per heavy atom. The lowest BCUT2D eigenvalue weighted by Crippen LogP contribution is -2.38. The van der Waals surface area contributed by atoms with Gasteiger partial charge in [0, 0.05) is 13.0 Å². The van der Waals surface area contributed by atoms with Gasteiger partial charge < -0.3 is 9.47 Å². The Morgan fingerprint density at radius 2 is 1.94 bits per heavy atom. The molecule has 0 N–H and O–H groups in total. The third kappa shape index (κ3) is 3.44. The van der Waals surface area contributed by atoms with E-state index in [1.54, 1.807) is 20.8 Å². The van der Waals surface area contributed by atoms with Crippen LogP contribution in [-0.2, 0) is 19.1 Å². The van der Waals surface area contributed by atoms with Gasteiger partial charge in [-0.1, -0.05) is 0 Å². The van der Waals surface area contributed by atoms with Crippen LogP contribution in [0, 0.1) is 5.92 Å². The van der Waals surface area contributed by atoms with E-state index in [2.05, 4.69) is 4.74 Å². The molecular weight excluding hydrogens is 226 g/mol. The maximum absolute atomic E-state index is 11.7. The van der Waals surface area contributed by atoms with E-state index in [-0.39, 0.29) is 13.0 Å². The first kappa shape index (κ1) is 13.5. The van der Waals surface area contributed by atoms with E-state index >= 15 is 0 Å². The van der Waals surface area contributed by atoms with Gasteiger partial charge in [0.15, 0.2) is 0 Å². The lowest BCUT2D eigenvalue weighted by atomic mass is 10.1. The van der Waals surface area contributed by atoms with Gasteiger partial charge in [-0.05, 0) is 20.8 Å². The molecule has 0 aliphatic carbocycles. The molecule has 1 saturated heterocycles. The number of hydrogen-bond acceptors (Lipinski definition) is 5. The number of carbonyl (C=O) groups is 3. The molecule has 0 radical (unpaired) electrons. The molecule has 0 aromatic carbocycles. The maximum Gasteiger partial charge on any atom is 0.417 e. The molecule has 1 atom stereocenters. The molecule has 0 unspecified atom stereocenters. The number of likely N-dealkylation sites (tertiary alicyclic amines) is 1. The first-order valence-electron chi connectivity index (χ1n) is 5.36.